The van der Waals surface area contributed by atoms with Crippen LogP contribution in [0.15, 0.2) is 12.2 Å². The first-order valence-electron chi connectivity index (χ1n) is 6.34. The Kier molecular flexibility index (Phi) is 9.38. The van der Waals surface area contributed by atoms with Gasteiger partial charge in [0.15, 0.2) is 0 Å². The first-order valence-corrected chi connectivity index (χ1v) is 9.89. The van der Waals surface area contributed by atoms with Crippen LogP contribution in [0.2, 0.25) is 0 Å². The summed E-state index contributed by atoms with van der Waals surface area (Å²) in [6.45, 7) is 2.87. The monoisotopic (exact) mass is 338 g/mol. The second-order valence-electron chi connectivity index (χ2n) is 4.09. The number of ether oxygens (including phenoxy) is 1. The lowest BCUT2D eigenvalue weighted by molar-refractivity contribution is -0.136. The summed E-state index contributed by atoms with van der Waals surface area (Å²) in [5, 5.41) is 3.08. The molecule has 0 aliphatic heterocycles. The third kappa shape index (κ3) is 6.39. The lowest BCUT2D eigenvalue weighted by Gasteiger charge is -2.30. The molecule has 1 N–H and O–H groups in total. The molecule has 0 bridgehead atoms. The fourth-order valence-electron chi connectivity index (χ4n) is 1.15. The van der Waals surface area contributed by atoms with E-state index < -0.39 is 12.6 Å². The molecule has 0 rings (SSSR count). The minimum atomic E-state index is -2.85. The van der Waals surface area contributed by atoms with Crippen molar-refractivity contribution >= 4 is 41.2 Å². The van der Waals surface area contributed by atoms with Crippen LogP contribution in [0.4, 0.5) is 0 Å². The Labute approximate surface area is 130 Å². The number of nitrogens with zero attached hydrogens (tertiary/aromatic N) is 1. The lowest BCUT2D eigenvalue weighted by atomic mass is 10.4. The Morgan fingerprint density at radius 1 is 1.60 bits per heavy atom. The zero-order valence-electron chi connectivity index (χ0n) is 12.6. The largest absolute Gasteiger partial charge is 0.455 e. The van der Waals surface area contributed by atoms with Gasteiger partial charge in [-0.3, -0.25) is 9.24 Å². The Morgan fingerprint density at radius 3 is 2.65 bits per heavy atom. The van der Waals surface area contributed by atoms with Gasteiger partial charge in [-0.25, -0.2) is 9.88 Å². The Bertz CT molecular complexity index is 416. The van der Waals surface area contributed by atoms with Crippen molar-refractivity contribution in [3.63, 3.8) is 0 Å². The Morgan fingerprint density at radius 2 is 2.20 bits per heavy atom. The summed E-state index contributed by atoms with van der Waals surface area (Å²) in [6.07, 6.45) is 3.81. The van der Waals surface area contributed by atoms with E-state index in [-0.39, 0.29) is 11.9 Å². The molecule has 0 aliphatic carbocycles. The molecule has 2 unspecified atom stereocenters. The van der Waals surface area contributed by atoms with Crippen LogP contribution in [-0.4, -0.2) is 41.6 Å². The van der Waals surface area contributed by atoms with Crippen molar-refractivity contribution in [2.24, 2.45) is 0 Å². The minimum Gasteiger partial charge on any atom is -0.455 e. The highest BCUT2D eigenvalue weighted by molar-refractivity contribution is 8.57. The van der Waals surface area contributed by atoms with Gasteiger partial charge in [-0.1, -0.05) is 43.5 Å². The standard InChI is InChI=1S/C12H23N2O3PS2/c1-6-8-12(15)17-9-11(19)14(5)18(16,13-4)20-10(3)7-2/h6,8,10H,7,9H2,1-5H3,(H,13,16). The molecule has 0 spiro atoms. The summed E-state index contributed by atoms with van der Waals surface area (Å²) >= 11 is 6.54. The number of nitrogens with one attached hydrogen (secondary N) is 1. The quantitative estimate of drug-likeness (QED) is 0.315. The number of thiocarbonyl (C=S) groups is 1. The maximum absolute atomic E-state index is 12.8. The zero-order valence-corrected chi connectivity index (χ0v) is 15.1. The molecule has 0 fully saturated rings. The van der Waals surface area contributed by atoms with Crippen molar-refractivity contribution in [2.75, 3.05) is 20.7 Å². The van der Waals surface area contributed by atoms with E-state index in [1.807, 2.05) is 13.8 Å². The summed E-state index contributed by atoms with van der Waals surface area (Å²) in [5.74, 6) is -0.461. The third-order valence-electron chi connectivity index (χ3n) is 2.58. The smallest absolute Gasteiger partial charge is 0.330 e. The van der Waals surface area contributed by atoms with Gasteiger partial charge in [0.25, 0.3) is 6.65 Å². The van der Waals surface area contributed by atoms with Crippen molar-refractivity contribution in [3.8, 4) is 0 Å². The Balaban J connectivity index is 4.67. The van der Waals surface area contributed by atoms with E-state index in [2.05, 4.69) is 5.09 Å². The highest BCUT2D eigenvalue weighted by Crippen LogP contribution is 2.59. The predicted molar refractivity (Wildman–Crippen MR) is 90.1 cm³/mol. The first kappa shape index (κ1) is 19.6. The van der Waals surface area contributed by atoms with E-state index in [0.717, 1.165) is 6.42 Å². The van der Waals surface area contributed by atoms with Crippen molar-refractivity contribution in [1.82, 2.24) is 9.76 Å². The highest BCUT2D eigenvalue weighted by atomic mass is 32.7. The van der Waals surface area contributed by atoms with Crippen LogP contribution in [0.5, 0.6) is 0 Å². The van der Waals surface area contributed by atoms with Gasteiger partial charge in [-0.2, -0.15) is 0 Å². The minimum absolute atomic E-state index is 0.0538. The average Bonchev–Trinajstić information content (AvgIpc) is 2.43. The van der Waals surface area contributed by atoms with Crippen molar-refractivity contribution in [2.45, 2.75) is 32.4 Å². The van der Waals surface area contributed by atoms with Gasteiger partial charge in [-0.15, -0.1) is 0 Å². The van der Waals surface area contributed by atoms with E-state index in [1.165, 1.54) is 22.1 Å². The first-order chi connectivity index (χ1) is 9.30. The molecular formula is C12H23N2O3PS2. The zero-order chi connectivity index (χ0) is 15.8. The highest BCUT2D eigenvalue weighted by Gasteiger charge is 2.30. The van der Waals surface area contributed by atoms with E-state index in [1.54, 1.807) is 27.1 Å². The molecule has 0 aromatic heterocycles. The summed E-state index contributed by atoms with van der Waals surface area (Å²) in [7, 11) is 3.29. The maximum Gasteiger partial charge on any atom is 0.330 e. The van der Waals surface area contributed by atoms with Gasteiger partial charge < -0.3 is 4.74 Å². The van der Waals surface area contributed by atoms with E-state index in [0.29, 0.717) is 4.99 Å². The van der Waals surface area contributed by atoms with Gasteiger partial charge in [0, 0.05) is 18.4 Å². The normalized spacial score (nSPS) is 15.7. The molecule has 0 heterocycles. The molecular weight excluding hydrogens is 315 g/mol. The maximum atomic E-state index is 12.8. The van der Waals surface area contributed by atoms with Crippen LogP contribution in [-0.2, 0) is 14.1 Å². The third-order valence-corrected chi connectivity index (χ3v) is 8.90. The molecule has 0 radical (unpaired) electrons. The van der Waals surface area contributed by atoms with Crippen molar-refractivity contribution < 1.29 is 14.1 Å². The van der Waals surface area contributed by atoms with Gasteiger partial charge in [0.2, 0.25) is 0 Å². The number of rotatable bonds is 8. The molecule has 0 saturated heterocycles. The van der Waals surface area contributed by atoms with Gasteiger partial charge >= 0.3 is 5.97 Å². The van der Waals surface area contributed by atoms with Crippen LogP contribution in [0.3, 0.4) is 0 Å². The summed E-state index contributed by atoms with van der Waals surface area (Å²) in [6, 6.07) is 0. The molecule has 20 heavy (non-hydrogen) atoms. The summed E-state index contributed by atoms with van der Waals surface area (Å²) < 4.78 is 19.3. The number of carbonyl (C=O) groups excluding carboxylic acids is 1. The van der Waals surface area contributed by atoms with Gasteiger partial charge in [0.1, 0.15) is 11.6 Å². The number of hydrogen-bond acceptors (Lipinski definition) is 5. The van der Waals surface area contributed by atoms with Crippen LogP contribution in [0.1, 0.15) is 27.2 Å². The molecule has 0 amide bonds. The number of carbonyl (C=O) groups is 1. The van der Waals surface area contributed by atoms with E-state index >= 15 is 0 Å². The van der Waals surface area contributed by atoms with E-state index in [9.17, 15) is 9.36 Å². The second-order valence-corrected chi connectivity index (χ2v) is 9.79. The number of esters is 1. The predicted octanol–water partition coefficient (Wildman–Crippen LogP) is 3.22. The lowest BCUT2D eigenvalue weighted by Crippen LogP contribution is -2.30. The fraction of sp³-hybridized carbons (Fsp3) is 0.667. The van der Waals surface area contributed by atoms with E-state index in [4.69, 9.17) is 17.0 Å². The number of hydrogen-bond donors (Lipinski definition) is 1. The molecule has 0 saturated carbocycles. The Hall–Kier alpha value is -0.360. The molecule has 8 heteroatoms. The van der Waals surface area contributed by atoms with Crippen LogP contribution < -0.4 is 5.09 Å². The molecule has 2 atom stereocenters. The second kappa shape index (κ2) is 9.55. The molecule has 5 nitrogen and oxygen atoms in total. The summed E-state index contributed by atoms with van der Waals surface area (Å²) in [5.41, 5.74) is 0. The van der Waals surface area contributed by atoms with Crippen LogP contribution >= 0.6 is 30.2 Å². The SMILES string of the molecule is CC=CC(=O)OCC(=S)N(C)P(=O)(NC)SC(C)CC. The topological polar surface area (TPSA) is 58.6 Å². The van der Waals surface area contributed by atoms with Gasteiger partial charge in [0.05, 0.1) is 0 Å². The van der Waals surface area contributed by atoms with Crippen molar-refractivity contribution in [1.29, 1.82) is 0 Å². The number of likely N-dealkylation sites (N-methyl/N-ethyl adjacent to an activating group) is 1. The van der Waals surface area contributed by atoms with Crippen LogP contribution in [0.25, 0.3) is 0 Å². The molecule has 0 aliphatic rings. The van der Waals surface area contributed by atoms with Gasteiger partial charge in [-0.05, 0) is 20.4 Å². The number of allylic oxidation sites excluding steroid dienone is 1. The molecule has 0 aromatic rings. The van der Waals surface area contributed by atoms with Crippen molar-refractivity contribution in [3.05, 3.63) is 12.2 Å². The summed E-state index contributed by atoms with van der Waals surface area (Å²) in [4.78, 5) is 11.6. The average molecular weight is 338 g/mol. The molecule has 116 valence electrons. The molecule has 0 aromatic carbocycles. The van der Waals surface area contributed by atoms with Crippen LogP contribution in [0, 0.1) is 0 Å². The fourth-order valence-corrected chi connectivity index (χ4v) is 6.19.